The second-order valence-corrected chi connectivity index (χ2v) is 7.16. The van der Waals surface area contributed by atoms with E-state index < -0.39 is 18.2 Å². The van der Waals surface area contributed by atoms with Gasteiger partial charge in [0.1, 0.15) is 12.2 Å². The molecule has 0 fully saturated rings. The number of oxime groups is 1. The number of rotatable bonds is 7. The van der Waals surface area contributed by atoms with E-state index in [1.807, 2.05) is 0 Å². The molecule has 2 aromatic carbocycles. The molecule has 2 heterocycles. The number of esters is 1. The van der Waals surface area contributed by atoms with E-state index in [0.29, 0.717) is 33.8 Å². The molecular formula is C23H20N2O8. The Kier molecular flexibility index (Phi) is 6.25. The van der Waals surface area contributed by atoms with E-state index in [4.69, 9.17) is 23.5 Å². The Hall–Kier alpha value is -4.34. The van der Waals surface area contributed by atoms with Gasteiger partial charge in [0.25, 0.3) is 0 Å². The quantitative estimate of drug-likeness (QED) is 0.251. The summed E-state index contributed by atoms with van der Waals surface area (Å²) < 4.78 is 21.0. The fourth-order valence-electron chi connectivity index (χ4n) is 3.19. The van der Waals surface area contributed by atoms with Gasteiger partial charge >= 0.3 is 11.6 Å². The van der Waals surface area contributed by atoms with Gasteiger partial charge < -0.3 is 28.8 Å². The van der Waals surface area contributed by atoms with E-state index in [0.717, 1.165) is 5.56 Å². The summed E-state index contributed by atoms with van der Waals surface area (Å²) in [5.74, 6) is 0.363. The zero-order valence-electron chi connectivity index (χ0n) is 17.9. The third-order valence-corrected chi connectivity index (χ3v) is 4.71. The van der Waals surface area contributed by atoms with Crippen LogP contribution in [0.25, 0.3) is 11.0 Å². The zero-order chi connectivity index (χ0) is 23.4. The number of carbonyl (C=O) groups excluding carboxylic acids is 2. The summed E-state index contributed by atoms with van der Waals surface area (Å²) in [5.41, 5.74) is 1.91. The van der Waals surface area contributed by atoms with E-state index in [-0.39, 0.29) is 24.9 Å². The number of hydrogen-bond donors (Lipinski definition) is 1. The van der Waals surface area contributed by atoms with Crippen molar-refractivity contribution in [2.75, 3.05) is 18.7 Å². The van der Waals surface area contributed by atoms with Crippen molar-refractivity contribution in [1.82, 2.24) is 0 Å². The molecular weight excluding hydrogens is 432 g/mol. The molecule has 0 bridgehead atoms. The maximum absolute atomic E-state index is 12.1. The molecule has 1 aliphatic heterocycles. The number of nitrogens with zero attached hydrogens (tertiary/aromatic N) is 1. The van der Waals surface area contributed by atoms with Crippen LogP contribution in [0, 0.1) is 0 Å². The van der Waals surface area contributed by atoms with Gasteiger partial charge in [-0.2, -0.15) is 0 Å². The van der Waals surface area contributed by atoms with Crippen molar-refractivity contribution in [1.29, 1.82) is 0 Å². The number of amides is 1. The molecule has 0 radical (unpaired) electrons. The molecule has 10 nitrogen and oxygen atoms in total. The first-order chi connectivity index (χ1) is 15.9. The molecule has 1 N–H and O–H groups in total. The minimum absolute atomic E-state index is 0.158. The molecule has 0 aliphatic carbocycles. The second kappa shape index (κ2) is 9.43. The van der Waals surface area contributed by atoms with E-state index >= 15 is 0 Å². The Morgan fingerprint density at radius 2 is 1.88 bits per heavy atom. The van der Waals surface area contributed by atoms with Gasteiger partial charge in [0.15, 0.2) is 11.5 Å². The van der Waals surface area contributed by atoms with Crippen molar-refractivity contribution in [3.05, 3.63) is 64.0 Å². The minimum atomic E-state index is -0.659. The van der Waals surface area contributed by atoms with Gasteiger partial charge in [-0.3, -0.25) is 4.79 Å². The van der Waals surface area contributed by atoms with E-state index in [2.05, 4.69) is 10.5 Å². The minimum Gasteiger partial charge on any atom is -0.458 e. The topological polar surface area (TPSA) is 126 Å². The molecule has 33 heavy (non-hydrogen) atoms. The fourth-order valence-corrected chi connectivity index (χ4v) is 3.19. The van der Waals surface area contributed by atoms with Crippen LogP contribution in [-0.4, -0.2) is 31.0 Å². The maximum atomic E-state index is 12.1. The van der Waals surface area contributed by atoms with Crippen LogP contribution < -0.4 is 20.4 Å². The van der Waals surface area contributed by atoms with Crippen LogP contribution in [0.2, 0.25) is 0 Å². The zero-order valence-corrected chi connectivity index (χ0v) is 17.9. The van der Waals surface area contributed by atoms with Gasteiger partial charge in [-0.15, -0.1) is 0 Å². The number of fused-ring (bicyclic) bond motifs is 2. The fraction of sp³-hybridized carbons (Fsp3) is 0.217. The van der Waals surface area contributed by atoms with Gasteiger partial charge in [-0.1, -0.05) is 5.16 Å². The van der Waals surface area contributed by atoms with E-state index in [9.17, 15) is 14.4 Å². The van der Waals surface area contributed by atoms with Crippen LogP contribution in [0.4, 0.5) is 5.69 Å². The van der Waals surface area contributed by atoms with Crippen LogP contribution in [0.5, 0.6) is 11.5 Å². The summed E-state index contributed by atoms with van der Waals surface area (Å²) in [6, 6.07) is 11.4. The lowest BCUT2D eigenvalue weighted by Gasteiger charge is -2.08. The Balaban J connectivity index is 1.36. The monoisotopic (exact) mass is 452 g/mol. The van der Waals surface area contributed by atoms with Crippen molar-refractivity contribution >= 4 is 34.2 Å². The summed E-state index contributed by atoms with van der Waals surface area (Å²) in [6.45, 7) is 2.71. The van der Waals surface area contributed by atoms with Crippen molar-refractivity contribution in [2.24, 2.45) is 5.16 Å². The van der Waals surface area contributed by atoms with Crippen molar-refractivity contribution in [3.63, 3.8) is 0 Å². The van der Waals surface area contributed by atoms with Gasteiger partial charge in [0.05, 0.1) is 5.71 Å². The van der Waals surface area contributed by atoms with E-state index in [1.165, 1.54) is 19.1 Å². The average molecular weight is 452 g/mol. The molecule has 10 heteroatoms. The van der Waals surface area contributed by atoms with Crippen molar-refractivity contribution in [3.8, 4) is 11.5 Å². The number of ether oxygens (including phenoxy) is 3. The SMILES string of the molecule is CC(=O)Nc1ccc2c(COC(=O)CO/N=C(\C)c3ccc4c(c3)OCO4)cc(=O)oc2c1. The predicted octanol–water partition coefficient (Wildman–Crippen LogP) is 2.96. The first-order valence-electron chi connectivity index (χ1n) is 9.95. The molecule has 0 unspecified atom stereocenters. The number of carbonyl (C=O) groups is 2. The van der Waals surface area contributed by atoms with Crippen molar-refractivity contribution < 1.29 is 33.1 Å². The highest BCUT2D eigenvalue weighted by molar-refractivity contribution is 5.99. The molecule has 3 aromatic rings. The summed E-state index contributed by atoms with van der Waals surface area (Å²) >= 11 is 0. The molecule has 170 valence electrons. The Morgan fingerprint density at radius 1 is 1.06 bits per heavy atom. The lowest BCUT2D eigenvalue weighted by molar-refractivity contribution is -0.150. The standard InChI is InChI=1S/C23H20N2O8/c1-13(15-3-6-19-21(7-15)31-12-30-19)25-32-11-23(28)29-10-16-8-22(27)33-20-9-17(24-14(2)26)4-5-18(16)20/h3-9H,10-12H2,1-2H3,(H,24,26)/b25-13+. The third kappa shape index (κ3) is 5.29. The number of benzene rings is 2. The average Bonchev–Trinajstić information content (AvgIpc) is 3.24. The summed E-state index contributed by atoms with van der Waals surface area (Å²) in [4.78, 5) is 40.3. The van der Waals surface area contributed by atoms with Gasteiger partial charge in [-0.05, 0) is 37.3 Å². The van der Waals surface area contributed by atoms with Crippen LogP contribution in [0.3, 0.4) is 0 Å². The Morgan fingerprint density at radius 3 is 2.70 bits per heavy atom. The Labute approximate surface area is 187 Å². The maximum Gasteiger partial charge on any atom is 0.347 e. The van der Waals surface area contributed by atoms with Gasteiger partial charge in [-0.25, -0.2) is 9.59 Å². The highest BCUT2D eigenvalue weighted by Crippen LogP contribution is 2.32. The van der Waals surface area contributed by atoms with E-state index in [1.54, 1.807) is 37.3 Å². The van der Waals surface area contributed by atoms with Crippen LogP contribution in [-0.2, 0) is 25.8 Å². The third-order valence-electron chi connectivity index (χ3n) is 4.71. The molecule has 4 rings (SSSR count). The second-order valence-electron chi connectivity index (χ2n) is 7.16. The van der Waals surface area contributed by atoms with Gasteiger partial charge in [0.2, 0.25) is 19.3 Å². The predicted molar refractivity (Wildman–Crippen MR) is 117 cm³/mol. The highest BCUT2D eigenvalue weighted by Gasteiger charge is 2.15. The van der Waals surface area contributed by atoms with Gasteiger partial charge in [0, 0.05) is 41.3 Å². The van der Waals surface area contributed by atoms with Crippen LogP contribution >= 0.6 is 0 Å². The molecule has 0 saturated heterocycles. The summed E-state index contributed by atoms with van der Waals surface area (Å²) in [7, 11) is 0. The molecule has 0 saturated carbocycles. The number of hydrogen-bond acceptors (Lipinski definition) is 9. The lowest BCUT2D eigenvalue weighted by atomic mass is 10.1. The largest absolute Gasteiger partial charge is 0.458 e. The number of anilines is 1. The molecule has 1 aliphatic rings. The summed E-state index contributed by atoms with van der Waals surface area (Å²) in [6.07, 6.45) is 0. The first kappa shape index (κ1) is 21.9. The van der Waals surface area contributed by atoms with Crippen molar-refractivity contribution in [2.45, 2.75) is 20.5 Å². The highest BCUT2D eigenvalue weighted by atomic mass is 16.7. The number of nitrogens with one attached hydrogen (secondary N) is 1. The molecule has 1 amide bonds. The first-order valence-corrected chi connectivity index (χ1v) is 9.95. The smallest absolute Gasteiger partial charge is 0.347 e. The summed E-state index contributed by atoms with van der Waals surface area (Å²) in [5, 5.41) is 7.12. The normalized spacial score (nSPS) is 12.5. The molecule has 1 aromatic heterocycles. The molecule has 0 atom stereocenters. The van der Waals surface area contributed by atoms with Crippen LogP contribution in [0.1, 0.15) is 25.0 Å². The molecule has 0 spiro atoms. The van der Waals surface area contributed by atoms with Crippen LogP contribution in [0.15, 0.2) is 56.8 Å². The lowest BCUT2D eigenvalue weighted by Crippen LogP contribution is -2.13. The Bertz CT molecular complexity index is 1310.